The molecule has 0 bridgehead atoms. The molecule has 1 saturated heterocycles. The van der Waals surface area contributed by atoms with Gasteiger partial charge in [-0.2, -0.15) is 0 Å². The molecule has 0 radical (unpaired) electrons. The van der Waals surface area contributed by atoms with Gasteiger partial charge in [-0.15, -0.1) is 0 Å². The van der Waals surface area contributed by atoms with Gasteiger partial charge >= 0.3 is 0 Å². The zero-order chi connectivity index (χ0) is 13.1. The van der Waals surface area contributed by atoms with Crippen molar-refractivity contribution >= 4 is 5.91 Å². The molecule has 1 aliphatic heterocycles. The monoisotopic (exact) mass is 252 g/mol. The Bertz CT molecular complexity index is 445. The van der Waals surface area contributed by atoms with Gasteiger partial charge in [0.25, 0.3) is 5.91 Å². The number of nitrogens with one attached hydrogen (secondary N) is 1. The molecule has 1 aromatic carbocycles. The number of halogens is 1. The normalized spacial score (nSPS) is 19.6. The summed E-state index contributed by atoms with van der Waals surface area (Å²) in [7, 11) is 1.69. The SMILES string of the molecule is CN(C(=O)c1ccc(O)cc1F)C1CCCNC1. The molecular formula is C13H17FN2O2. The topological polar surface area (TPSA) is 52.6 Å². The summed E-state index contributed by atoms with van der Waals surface area (Å²) in [5, 5.41) is 12.3. The zero-order valence-electron chi connectivity index (χ0n) is 10.3. The van der Waals surface area contributed by atoms with Crippen molar-refractivity contribution in [2.75, 3.05) is 20.1 Å². The summed E-state index contributed by atoms with van der Waals surface area (Å²) in [6.07, 6.45) is 1.94. The van der Waals surface area contributed by atoms with Gasteiger partial charge in [0.15, 0.2) is 0 Å². The Kier molecular flexibility index (Phi) is 3.81. The third-order valence-electron chi connectivity index (χ3n) is 3.32. The summed E-state index contributed by atoms with van der Waals surface area (Å²) in [5.74, 6) is -1.21. The lowest BCUT2D eigenvalue weighted by Gasteiger charge is -2.31. The molecule has 0 aromatic heterocycles. The van der Waals surface area contributed by atoms with Crippen LogP contribution >= 0.6 is 0 Å². The Labute approximate surface area is 105 Å². The molecule has 1 heterocycles. The molecule has 1 atom stereocenters. The Hall–Kier alpha value is -1.62. The Morgan fingerprint density at radius 1 is 1.56 bits per heavy atom. The number of phenols is 1. The summed E-state index contributed by atoms with van der Waals surface area (Å²) >= 11 is 0. The van der Waals surface area contributed by atoms with Crippen molar-refractivity contribution < 1.29 is 14.3 Å². The van der Waals surface area contributed by atoms with Gasteiger partial charge in [0.2, 0.25) is 0 Å². The predicted octanol–water partition coefficient (Wildman–Crippen LogP) is 1.36. The van der Waals surface area contributed by atoms with Gasteiger partial charge in [-0.25, -0.2) is 4.39 Å². The lowest BCUT2D eigenvalue weighted by atomic mass is 10.0. The van der Waals surface area contributed by atoms with Gasteiger partial charge in [0.05, 0.1) is 5.56 Å². The number of hydrogen-bond acceptors (Lipinski definition) is 3. The molecule has 0 saturated carbocycles. The molecule has 1 unspecified atom stereocenters. The van der Waals surface area contributed by atoms with Gasteiger partial charge in [-0.1, -0.05) is 0 Å². The van der Waals surface area contributed by atoms with Crippen molar-refractivity contribution in [3.63, 3.8) is 0 Å². The molecule has 2 rings (SSSR count). The fourth-order valence-electron chi connectivity index (χ4n) is 2.20. The maximum absolute atomic E-state index is 13.6. The van der Waals surface area contributed by atoms with Gasteiger partial charge in [0.1, 0.15) is 11.6 Å². The maximum atomic E-state index is 13.6. The first-order chi connectivity index (χ1) is 8.59. The molecule has 1 fully saturated rings. The maximum Gasteiger partial charge on any atom is 0.256 e. The van der Waals surface area contributed by atoms with Crippen molar-refractivity contribution in [2.45, 2.75) is 18.9 Å². The van der Waals surface area contributed by atoms with Crippen LogP contribution in [0.1, 0.15) is 23.2 Å². The molecule has 0 aliphatic carbocycles. The number of carbonyl (C=O) groups excluding carboxylic acids is 1. The molecule has 1 aliphatic rings. The molecule has 5 heteroatoms. The minimum atomic E-state index is -0.685. The van der Waals surface area contributed by atoms with E-state index in [0.717, 1.165) is 32.0 Å². The average Bonchev–Trinajstić information content (AvgIpc) is 2.38. The number of nitrogens with zero attached hydrogens (tertiary/aromatic N) is 1. The van der Waals surface area contributed by atoms with E-state index in [0.29, 0.717) is 0 Å². The van der Waals surface area contributed by atoms with E-state index in [1.54, 1.807) is 11.9 Å². The molecule has 2 N–H and O–H groups in total. The number of hydrogen-bond donors (Lipinski definition) is 2. The number of rotatable bonds is 2. The smallest absolute Gasteiger partial charge is 0.256 e. The van der Waals surface area contributed by atoms with Gasteiger partial charge in [0, 0.05) is 25.7 Å². The highest BCUT2D eigenvalue weighted by molar-refractivity contribution is 5.94. The number of likely N-dealkylation sites (N-methyl/N-ethyl adjacent to an activating group) is 1. The molecule has 98 valence electrons. The standard InChI is InChI=1S/C13H17FN2O2/c1-16(9-3-2-6-15-8-9)13(18)11-5-4-10(17)7-12(11)14/h4-5,7,9,15,17H,2-3,6,8H2,1H3. The van der Waals surface area contributed by atoms with Crippen molar-refractivity contribution in [1.29, 1.82) is 0 Å². The van der Waals surface area contributed by atoms with Gasteiger partial charge < -0.3 is 15.3 Å². The predicted molar refractivity (Wildman–Crippen MR) is 66.1 cm³/mol. The molecule has 1 amide bonds. The second-order valence-corrected chi connectivity index (χ2v) is 4.58. The number of benzene rings is 1. The summed E-state index contributed by atoms with van der Waals surface area (Å²) in [4.78, 5) is 13.7. The zero-order valence-corrected chi connectivity index (χ0v) is 10.3. The van der Waals surface area contributed by atoms with Crippen molar-refractivity contribution in [2.24, 2.45) is 0 Å². The van der Waals surface area contributed by atoms with E-state index in [4.69, 9.17) is 5.11 Å². The first-order valence-electron chi connectivity index (χ1n) is 6.06. The number of piperidine rings is 1. The molecule has 1 aromatic rings. The molecule has 0 spiro atoms. The highest BCUT2D eigenvalue weighted by atomic mass is 19.1. The molecule has 4 nitrogen and oxygen atoms in total. The van der Waals surface area contributed by atoms with Crippen LogP contribution in [0.3, 0.4) is 0 Å². The highest BCUT2D eigenvalue weighted by Crippen LogP contribution is 2.18. The third-order valence-corrected chi connectivity index (χ3v) is 3.32. The summed E-state index contributed by atoms with van der Waals surface area (Å²) in [5.41, 5.74) is 0.000809. The van der Waals surface area contributed by atoms with Crippen LogP contribution in [0.2, 0.25) is 0 Å². The van der Waals surface area contributed by atoms with Crippen LogP contribution in [0.15, 0.2) is 18.2 Å². The Morgan fingerprint density at radius 2 is 2.33 bits per heavy atom. The largest absolute Gasteiger partial charge is 0.508 e. The van der Waals surface area contributed by atoms with Gasteiger partial charge in [-0.05, 0) is 31.5 Å². The molecular weight excluding hydrogens is 235 g/mol. The van der Waals surface area contributed by atoms with E-state index >= 15 is 0 Å². The fourth-order valence-corrected chi connectivity index (χ4v) is 2.20. The van der Waals surface area contributed by atoms with E-state index in [-0.39, 0.29) is 23.3 Å². The van der Waals surface area contributed by atoms with Crippen molar-refractivity contribution in [3.05, 3.63) is 29.6 Å². The minimum Gasteiger partial charge on any atom is -0.508 e. The second kappa shape index (κ2) is 5.35. The van der Waals surface area contributed by atoms with Crippen LogP contribution in [0.4, 0.5) is 4.39 Å². The summed E-state index contributed by atoms with van der Waals surface area (Å²) in [6, 6.07) is 3.70. The van der Waals surface area contributed by atoms with Crippen LogP contribution in [0.25, 0.3) is 0 Å². The van der Waals surface area contributed by atoms with E-state index in [9.17, 15) is 9.18 Å². The van der Waals surface area contributed by atoms with Crippen molar-refractivity contribution in [1.82, 2.24) is 10.2 Å². The van der Waals surface area contributed by atoms with Crippen molar-refractivity contribution in [3.8, 4) is 5.75 Å². The second-order valence-electron chi connectivity index (χ2n) is 4.58. The fraction of sp³-hybridized carbons (Fsp3) is 0.462. The Balaban J connectivity index is 2.14. The number of aromatic hydroxyl groups is 1. The molecule has 18 heavy (non-hydrogen) atoms. The summed E-state index contributed by atoms with van der Waals surface area (Å²) < 4.78 is 13.6. The van der Waals surface area contributed by atoms with E-state index in [1.165, 1.54) is 12.1 Å². The van der Waals surface area contributed by atoms with Gasteiger partial charge in [-0.3, -0.25) is 4.79 Å². The highest BCUT2D eigenvalue weighted by Gasteiger charge is 2.24. The van der Waals surface area contributed by atoms with E-state index < -0.39 is 5.82 Å². The minimum absolute atomic E-state index is 0.000809. The van der Waals surface area contributed by atoms with E-state index in [1.807, 2.05) is 0 Å². The number of phenolic OH excluding ortho intramolecular Hbond substituents is 1. The number of amides is 1. The van der Waals surface area contributed by atoms with Crippen LogP contribution in [-0.2, 0) is 0 Å². The average molecular weight is 252 g/mol. The van der Waals surface area contributed by atoms with Crippen LogP contribution in [0.5, 0.6) is 5.75 Å². The van der Waals surface area contributed by atoms with Crippen LogP contribution < -0.4 is 5.32 Å². The third kappa shape index (κ3) is 2.61. The lowest BCUT2D eigenvalue weighted by molar-refractivity contribution is 0.0703. The Morgan fingerprint density at radius 3 is 2.94 bits per heavy atom. The lowest BCUT2D eigenvalue weighted by Crippen LogP contribution is -2.46. The summed E-state index contributed by atoms with van der Waals surface area (Å²) in [6.45, 7) is 1.70. The first-order valence-corrected chi connectivity index (χ1v) is 6.06. The quantitative estimate of drug-likeness (QED) is 0.835. The number of carbonyl (C=O) groups is 1. The van der Waals surface area contributed by atoms with Crippen LogP contribution in [0, 0.1) is 5.82 Å². The van der Waals surface area contributed by atoms with Crippen LogP contribution in [-0.4, -0.2) is 42.1 Å². The van der Waals surface area contributed by atoms with E-state index in [2.05, 4.69) is 5.32 Å². The first kappa shape index (κ1) is 12.8.